The molecule has 0 atom stereocenters. The molecule has 0 saturated carbocycles. The minimum atomic E-state index is -1.75. The minimum absolute atomic E-state index is 0. The maximum absolute atomic E-state index is 11.0. The number of nitrogens with one attached hydrogen (secondary N) is 2. The van der Waals surface area contributed by atoms with Crippen molar-refractivity contribution in [3.63, 3.8) is 0 Å². The molecular weight excluding hydrogens is 459 g/mol. The predicted octanol–water partition coefficient (Wildman–Crippen LogP) is -1.94. The zero-order valence-electron chi connectivity index (χ0n) is 13.4. The van der Waals surface area contributed by atoms with Crippen molar-refractivity contribution in [3.05, 3.63) is 82.2 Å². The zero-order valence-corrected chi connectivity index (χ0v) is 16.2. The Labute approximate surface area is 174 Å². The van der Waals surface area contributed by atoms with Gasteiger partial charge in [0.1, 0.15) is 0 Å². The van der Waals surface area contributed by atoms with Crippen molar-refractivity contribution < 1.29 is 68.3 Å². The molecule has 1 amide bonds. The molecule has 0 spiro atoms. The van der Waals surface area contributed by atoms with E-state index in [1.807, 2.05) is 0 Å². The van der Waals surface area contributed by atoms with Crippen molar-refractivity contribution in [2.24, 2.45) is 0 Å². The molecule has 1 aromatic rings. The molecule has 0 aromatic carbocycles. The Balaban J connectivity index is -0.0000000968. The van der Waals surface area contributed by atoms with Gasteiger partial charge in [-0.25, -0.2) is 15.1 Å². The van der Waals surface area contributed by atoms with E-state index in [0.29, 0.717) is 5.82 Å². The Kier molecular flexibility index (Phi) is 29.6. The Morgan fingerprint density at radius 3 is 1.63 bits per heavy atom. The fourth-order valence-corrected chi connectivity index (χ4v) is 0.825. The van der Waals surface area contributed by atoms with Gasteiger partial charge >= 0.3 is 38.6 Å². The molecular formula is C9H13N5O12Y+. The number of rotatable bonds is 2. The molecule has 17 nitrogen and oxygen atoms in total. The minimum Gasteiger partial charge on any atom is -0.875 e. The van der Waals surface area contributed by atoms with Crippen LogP contribution in [0.2, 0.25) is 0 Å². The summed E-state index contributed by atoms with van der Waals surface area (Å²) in [7, 11) is 0. The maximum atomic E-state index is 11.0. The van der Waals surface area contributed by atoms with Crippen LogP contribution in [-0.4, -0.2) is 21.2 Å². The van der Waals surface area contributed by atoms with Crippen molar-refractivity contribution in [1.29, 1.82) is 0 Å². The SMILES string of the molecule is C/C([O-])=C/C(=O)Nc1cccc[nH+]1.O=[N+]([O-])[O-].O=[N+]([O-])[O-].O=[N+]([O-])[O-].[OH3+].[Y+3]. The van der Waals surface area contributed by atoms with Crippen LogP contribution in [0, 0.1) is 46.0 Å². The number of hydrogen-bond donors (Lipinski definition) is 1. The molecule has 0 bridgehead atoms. The first-order valence-electron chi connectivity index (χ1n) is 5.46. The third-order valence-corrected chi connectivity index (χ3v) is 1.30. The first-order chi connectivity index (χ1) is 11.4. The number of carbonyl (C=O) groups excluding carboxylic acids is 1. The number of carbonyl (C=O) groups is 1. The van der Waals surface area contributed by atoms with E-state index in [-0.39, 0.29) is 43.9 Å². The van der Waals surface area contributed by atoms with Gasteiger partial charge in [-0.15, -0.1) is 5.76 Å². The summed E-state index contributed by atoms with van der Waals surface area (Å²) >= 11 is 0. The summed E-state index contributed by atoms with van der Waals surface area (Å²) in [5, 5.41) is 57.3. The summed E-state index contributed by atoms with van der Waals surface area (Å²) in [4.78, 5) is 38.6. The summed E-state index contributed by atoms with van der Waals surface area (Å²) in [5.41, 5.74) is 0. The average molecular weight is 472 g/mol. The second kappa shape index (κ2) is 22.8. The fraction of sp³-hybridized carbons (Fsp3) is 0.111. The number of amides is 1. The predicted molar refractivity (Wildman–Crippen MR) is 81.3 cm³/mol. The molecule has 148 valence electrons. The van der Waals surface area contributed by atoms with Crippen LogP contribution in [0.3, 0.4) is 0 Å². The third-order valence-electron chi connectivity index (χ3n) is 1.30. The van der Waals surface area contributed by atoms with Gasteiger partial charge in [0.15, 0.2) is 0 Å². The zero-order chi connectivity index (χ0) is 20.4. The van der Waals surface area contributed by atoms with E-state index in [4.69, 9.17) is 46.0 Å². The molecule has 1 aromatic heterocycles. The molecule has 1 heterocycles. The number of anilines is 1. The standard InChI is InChI=1S/C9H10N2O2.3NO3.H2O.Y/c1-7(12)6-9(13)11-8-4-2-3-5-10-8;3*2-1(3)4;;/h2-6,12H,1H3,(H,10,11,13);;;;1H2;/q;3*-1;;+3/p+1/b7-6-;;;;;. The van der Waals surface area contributed by atoms with Crippen LogP contribution in [-0.2, 0) is 43.0 Å². The van der Waals surface area contributed by atoms with Crippen molar-refractivity contribution >= 4 is 11.7 Å². The Morgan fingerprint density at radius 1 is 1.00 bits per heavy atom. The van der Waals surface area contributed by atoms with E-state index in [2.05, 4.69) is 10.3 Å². The van der Waals surface area contributed by atoms with Gasteiger partial charge in [-0.3, -0.25) is 0 Å². The third kappa shape index (κ3) is 60.2. The van der Waals surface area contributed by atoms with Crippen molar-refractivity contribution in [2.75, 3.05) is 5.32 Å². The van der Waals surface area contributed by atoms with Crippen LogP contribution >= 0.6 is 0 Å². The number of aromatic nitrogens is 1. The van der Waals surface area contributed by atoms with Crippen LogP contribution in [0.15, 0.2) is 36.2 Å². The van der Waals surface area contributed by atoms with Gasteiger partial charge in [0.2, 0.25) is 0 Å². The van der Waals surface area contributed by atoms with E-state index < -0.39 is 21.2 Å². The Morgan fingerprint density at radius 2 is 1.37 bits per heavy atom. The van der Waals surface area contributed by atoms with E-state index >= 15 is 0 Å². The fourth-order valence-electron chi connectivity index (χ4n) is 0.825. The molecule has 0 saturated heterocycles. The maximum Gasteiger partial charge on any atom is 3.00 e. The van der Waals surface area contributed by atoms with Crippen molar-refractivity contribution in [2.45, 2.75) is 6.92 Å². The topological polar surface area (TPSA) is 298 Å². The molecule has 1 rings (SSSR count). The molecule has 5 N–H and O–H groups in total. The smallest absolute Gasteiger partial charge is 0.875 e. The van der Waals surface area contributed by atoms with Gasteiger partial charge in [-0.1, -0.05) is 13.0 Å². The number of H-pyrrole nitrogens is 1. The summed E-state index contributed by atoms with van der Waals surface area (Å²) in [6.45, 7) is 1.33. The van der Waals surface area contributed by atoms with Crippen molar-refractivity contribution in [1.82, 2.24) is 0 Å². The van der Waals surface area contributed by atoms with Crippen LogP contribution in [0.25, 0.3) is 0 Å². The first kappa shape index (κ1) is 35.0. The van der Waals surface area contributed by atoms with E-state index in [1.54, 1.807) is 24.4 Å². The Bertz CT molecular complexity index is 539. The normalized spacial score (nSPS) is 7.96. The van der Waals surface area contributed by atoms with Crippen molar-refractivity contribution in [3.8, 4) is 0 Å². The molecule has 27 heavy (non-hydrogen) atoms. The molecule has 0 unspecified atom stereocenters. The largest absolute Gasteiger partial charge is 3.00 e. The van der Waals surface area contributed by atoms with Crippen LogP contribution < -0.4 is 15.4 Å². The molecule has 0 fully saturated rings. The average Bonchev–Trinajstić information content (AvgIpc) is 2.36. The van der Waals surface area contributed by atoms with E-state index in [9.17, 15) is 9.90 Å². The van der Waals surface area contributed by atoms with Crippen LogP contribution in [0.4, 0.5) is 5.82 Å². The second-order valence-corrected chi connectivity index (χ2v) is 3.19. The van der Waals surface area contributed by atoms with Gasteiger partial charge in [0.25, 0.3) is 5.82 Å². The summed E-state index contributed by atoms with van der Waals surface area (Å²) in [5.74, 6) is -0.131. The number of pyridine rings is 1. The first-order valence-corrected chi connectivity index (χ1v) is 5.46. The summed E-state index contributed by atoms with van der Waals surface area (Å²) < 4.78 is 0. The Hall–Kier alpha value is -3.18. The molecule has 0 radical (unpaired) electrons. The molecule has 18 heteroatoms. The van der Waals surface area contributed by atoms with Gasteiger partial charge in [0.05, 0.1) is 21.5 Å². The van der Waals surface area contributed by atoms with Gasteiger partial charge in [-0.2, -0.15) is 0 Å². The van der Waals surface area contributed by atoms with E-state index in [0.717, 1.165) is 6.08 Å². The van der Waals surface area contributed by atoms with Gasteiger partial charge in [0, 0.05) is 12.1 Å². The molecule has 0 aliphatic heterocycles. The number of allylic oxidation sites excluding steroid dienone is 1. The van der Waals surface area contributed by atoms with Crippen LogP contribution in [0.5, 0.6) is 0 Å². The van der Waals surface area contributed by atoms with Gasteiger partial charge in [-0.05, 0) is 6.07 Å². The van der Waals surface area contributed by atoms with E-state index in [1.165, 1.54) is 6.92 Å². The van der Waals surface area contributed by atoms with Crippen LogP contribution in [0.1, 0.15) is 6.92 Å². The number of nitrogens with zero attached hydrogens (tertiary/aromatic N) is 3. The quantitative estimate of drug-likeness (QED) is 0.162. The monoisotopic (exact) mass is 472 g/mol. The number of aromatic amines is 1. The second-order valence-electron chi connectivity index (χ2n) is 3.19. The molecule has 0 aliphatic carbocycles. The number of hydrogen-bond acceptors (Lipinski definition) is 11. The summed E-state index contributed by atoms with van der Waals surface area (Å²) in [6.07, 6.45) is 2.68. The molecule has 0 aliphatic rings. The summed E-state index contributed by atoms with van der Waals surface area (Å²) in [6, 6.07) is 5.27. The van der Waals surface area contributed by atoms with Gasteiger partial charge < -0.3 is 56.5 Å².